The number of hydrogen-bond donors (Lipinski definition) is 0. The van der Waals surface area contributed by atoms with Crippen molar-refractivity contribution in [3.8, 4) is 0 Å². The van der Waals surface area contributed by atoms with Crippen LogP contribution in [0.3, 0.4) is 0 Å². The minimum atomic E-state index is -0.697. The summed E-state index contributed by atoms with van der Waals surface area (Å²) in [6, 6.07) is 3.79. The van der Waals surface area contributed by atoms with E-state index in [0.29, 0.717) is 44.1 Å². The first kappa shape index (κ1) is 20.6. The molecule has 9 nitrogen and oxygen atoms in total. The molecule has 0 radical (unpaired) electrons. The molecule has 162 valence electrons. The highest BCUT2D eigenvalue weighted by Crippen LogP contribution is 2.30. The summed E-state index contributed by atoms with van der Waals surface area (Å²) >= 11 is 0. The molecule has 2 amide bonds. The summed E-state index contributed by atoms with van der Waals surface area (Å²) in [5.74, 6) is -1.57. The van der Waals surface area contributed by atoms with Gasteiger partial charge < -0.3 is 14.5 Å². The van der Waals surface area contributed by atoms with E-state index < -0.39 is 23.6 Å². The van der Waals surface area contributed by atoms with Crippen molar-refractivity contribution in [2.24, 2.45) is 5.10 Å². The molecule has 1 saturated heterocycles. The van der Waals surface area contributed by atoms with Crippen LogP contribution in [0.1, 0.15) is 28.5 Å². The lowest BCUT2D eigenvalue weighted by Crippen LogP contribution is -2.52. The molecule has 0 aliphatic carbocycles. The third-order valence-electron chi connectivity index (χ3n) is 5.17. The molecule has 11 heteroatoms. The number of ether oxygens (including phenoxy) is 1. The molecule has 0 saturated carbocycles. The number of nitrogens with zero attached hydrogens (tertiary/aromatic N) is 6. The van der Waals surface area contributed by atoms with Crippen LogP contribution in [-0.4, -0.2) is 71.4 Å². The van der Waals surface area contributed by atoms with Gasteiger partial charge in [-0.2, -0.15) is 5.10 Å². The average Bonchev–Trinajstić information content (AvgIpc) is 3.27. The Morgan fingerprint density at radius 1 is 1.10 bits per heavy atom. The summed E-state index contributed by atoms with van der Waals surface area (Å²) in [6.45, 7) is 1.65. The quantitative estimate of drug-likeness (QED) is 0.694. The second-order valence-electron chi connectivity index (χ2n) is 7.09. The summed E-state index contributed by atoms with van der Waals surface area (Å²) in [6.07, 6.45) is 3.42. The minimum Gasteiger partial charge on any atom is -0.464 e. The molecule has 1 aromatic heterocycles. The maximum absolute atomic E-state index is 13.6. The van der Waals surface area contributed by atoms with Gasteiger partial charge >= 0.3 is 12.0 Å². The van der Waals surface area contributed by atoms with Crippen LogP contribution >= 0.6 is 0 Å². The lowest BCUT2D eigenvalue weighted by atomic mass is 10.0. The monoisotopic (exact) mass is 430 g/mol. The Labute approximate surface area is 176 Å². The number of esters is 1. The van der Waals surface area contributed by atoms with Gasteiger partial charge in [0.1, 0.15) is 11.6 Å². The number of urea groups is 1. The van der Waals surface area contributed by atoms with Crippen molar-refractivity contribution in [3.63, 3.8) is 0 Å². The Kier molecular flexibility index (Phi) is 5.74. The lowest BCUT2D eigenvalue weighted by Gasteiger charge is -2.37. The molecule has 0 N–H and O–H groups in total. The Morgan fingerprint density at radius 3 is 2.48 bits per heavy atom. The molecule has 0 bridgehead atoms. The molecule has 2 aliphatic rings. The predicted molar refractivity (Wildman–Crippen MR) is 107 cm³/mol. The average molecular weight is 430 g/mol. The summed E-state index contributed by atoms with van der Waals surface area (Å²) in [5.41, 5.74) is 0.512. The largest absolute Gasteiger partial charge is 0.464 e. The number of carbonyl (C=O) groups excluding carboxylic acids is 2. The van der Waals surface area contributed by atoms with Crippen molar-refractivity contribution in [2.45, 2.75) is 12.5 Å². The van der Waals surface area contributed by atoms with Gasteiger partial charge in [0.15, 0.2) is 5.69 Å². The van der Waals surface area contributed by atoms with E-state index in [1.165, 1.54) is 36.5 Å². The van der Waals surface area contributed by atoms with E-state index in [1.807, 2.05) is 4.90 Å². The van der Waals surface area contributed by atoms with Crippen LogP contribution in [0.4, 0.5) is 19.5 Å². The zero-order valence-electron chi connectivity index (χ0n) is 16.7. The number of anilines is 1. The molecule has 1 atom stereocenters. The summed E-state index contributed by atoms with van der Waals surface area (Å²) in [7, 11) is 1.28. The van der Waals surface area contributed by atoms with Crippen molar-refractivity contribution >= 4 is 24.2 Å². The molecule has 0 unspecified atom stereocenters. The third-order valence-corrected chi connectivity index (χ3v) is 5.17. The molecule has 4 rings (SSSR count). The zero-order valence-corrected chi connectivity index (χ0v) is 16.7. The standard InChI is InChI=1S/C20H20F2N6O3/c1-31-18(29)16-2-4-23-19(25-16)26-6-8-27(9-7-26)20(30)28-17(3-5-24-28)13-10-14(21)12-15(22)11-13/h2,4-5,10-12,17H,3,6-9H2,1H3/t17-/m0/s1. The highest BCUT2D eigenvalue weighted by Gasteiger charge is 2.34. The van der Waals surface area contributed by atoms with E-state index in [9.17, 15) is 18.4 Å². The Hall–Kier alpha value is -3.63. The number of hydrogen-bond acceptors (Lipinski definition) is 7. The highest BCUT2D eigenvalue weighted by molar-refractivity contribution is 5.87. The molecule has 1 aromatic carbocycles. The molecule has 1 fully saturated rings. The van der Waals surface area contributed by atoms with Crippen LogP contribution in [0.15, 0.2) is 35.6 Å². The maximum Gasteiger partial charge on any atom is 0.356 e. The van der Waals surface area contributed by atoms with E-state index in [-0.39, 0.29) is 11.7 Å². The number of methoxy groups -OCH3 is 1. The van der Waals surface area contributed by atoms with Gasteiger partial charge in [-0.15, -0.1) is 0 Å². The first-order valence-corrected chi connectivity index (χ1v) is 9.69. The van der Waals surface area contributed by atoms with Gasteiger partial charge in [0.25, 0.3) is 0 Å². The van der Waals surface area contributed by atoms with Gasteiger partial charge in [-0.1, -0.05) is 0 Å². The normalized spacial score (nSPS) is 18.4. The number of rotatable bonds is 3. The van der Waals surface area contributed by atoms with E-state index in [4.69, 9.17) is 0 Å². The van der Waals surface area contributed by atoms with E-state index in [0.717, 1.165) is 6.07 Å². The molecule has 31 heavy (non-hydrogen) atoms. The SMILES string of the molecule is COC(=O)c1ccnc(N2CCN(C(=O)N3N=CC[C@H]3c3cc(F)cc(F)c3)CC2)n1. The number of halogens is 2. The molecule has 2 aliphatic heterocycles. The molecular weight excluding hydrogens is 410 g/mol. The fraction of sp³-hybridized carbons (Fsp3) is 0.350. The smallest absolute Gasteiger partial charge is 0.356 e. The van der Waals surface area contributed by atoms with Gasteiger partial charge in [-0.05, 0) is 23.8 Å². The molecule has 2 aromatic rings. The summed E-state index contributed by atoms with van der Waals surface area (Å²) in [5, 5.41) is 5.39. The van der Waals surface area contributed by atoms with Crippen molar-refractivity contribution in [3.05, 3.63) is 53.4 Å². The van der Waals surface area contributed by atoms with Gasteiger partial charge in [-0.25, -0.2) is 33.3 Å². The van der Waals surface area contributed by atoms with Gasteiger partial charge in [0.2, 0.25) is 5.95 Å². The first-order chi connectivity index (χ1) is 15.0. The Balaban J connectivity index is 1.42. The van der Waals surface area contributed by atoms with Crippen LogP contribution < -0.4 is 4.90 Å². The number of piperazine rings is 1. The fourth-order valence-corrected chi connectivity index (χ4v) is 3.60. The van der Waals surface area contributed by atoms with Crippen molar-refractivity contribution in [2.75, 3.05) is 38.2 Å². The topological polar surface area (TPSA) is 91.2 Å². The van der Waals surface area contributed by atoms with Crippen molar-refractivity contribution < 1.29 is 23.1 Å². The van der Waals surface area contributed by atoms with Crippen LogP contribution in [0.5, 0.6) is 0 Å². The first-order valence-electron chi connectivity index (χ1n) is 9.69. The van der Waals surface area contributed by atoms with Crippen molar-refractivity contribution in [1.29, 1.82) is 0 Å². The second-order valence-corrected chi connectivity index (χ2v) is 7.09. The Morgan fingerprint density at radius 2 is 1.81 bits per heavy atom. The number of aromatic nitrogens is 2. The summed E-state index contributed by atoms with van der Waals surface area (Å²) in [4.78, 5) is 36.6. The van der Waals surface area contributed by atoms with Crippen molar-refractivity contribution in [1.82, 2.24) is 19.9 Å². The second kappa shape index (κ2) is 8.62. The minimum absolute atomic E-state index is 0.155. The molecule has 0 spiro atoms. The maximum atomic E-state index is 13.6. The predicted octanol–water partition coefficient (Wildman–Crippen LogP) is 2.22. The van der Waals surface area contributed by atoms with Gasteiger partial charge in [0, 0.05) is 51.1 Å². The third kappa shape index (κ3) is 4.30. The van der Waals surface area contributed by atoms with Gasteiger partial charge in [0.05, 0.1) is 13.2 Å². The van der Waals surface area contributed by atoms with E-state index in [1.54, 1.807) is 11.1 Å². The Bertz CT molecular complexity index is 1010. The number of benzene rings is 1. The van der Waals surface area contributed by atoms with E-state index >= 15 is 0 Å². The zero-order chi connectivity index (χ0) is 22.0. The van der Waals surface area contributed by atoms with Crippen LogP contribution in [0, 0.1) is 11.6 Å². The van der Waals surface area contributed by atoms with Crippen LogP contribution in [-0.2, 0) is 4.74 Å². The summed E-state index contributed by atoms with van der Waals surface area (Å²) < 4.78 is 31.9. The highest BCUT2D eigenvalue weighted by atomic mass is 19.1. The number of carbonyl (C=O) groups is 2. The van der Waals surface area contributed by atoms with Gasteiger partial charge in [-0.3, -0.25) is 0 Å². The number of amides is 2. The van der Waals surface area contributed by atoms with Crippen LogP contribution in [0.2, 0.25) is 0 Å². The number of hydrazone groups is 1. The lowest BCUT2D eigenvalue weighted by molar-refractivity contribution is 0.0594. The molecule has 3 heterocycles. The fourth-order valence-electron chi connectivity index (χ4n) is 3.60. The van der Waals surface area contributed by atoms with E-state index in [2.05, 4.69) is 19.8 Å². The van der Waals surface area contributed by atoms with Crippen LogP contribution in [0.25, 0.3) is 0 Å². The molecular formula is C20H20F2N6O3.